The number of carbonyl (C=O) groups excluding carboxylic acids is 1. The molecule has 0 radical (unpaired) electrons. The van der Waals surface area contributed by atoms with Gasteiger partial charge < -0.3 is 9.84 Å². The summed E-state index contributed by atoms with van der Waals surface area (Å²) in [5, 5.41) is 8.37. The lowest BCUT2D eigenvalue weighted by Crippen LogP contribution is -2.12. The lowest BCUT2D eigenvalue weighted by Gasteiger charge is -2.06. The molecule has 0 rings (SSSR count). The summed E-state index contributed by atoms with van der Waals surface area (Å²) in [4.78, 5) is 21.0. The third-order valence-electron chi connectivity index (χ3n) is 1.34. The van der Waals surface area contributed by atoms with E-state index in [4.69, 9.17) is 5.11 Å². The van der Waals surface area contributed by atoms with Gasteiger partial charge in [0, 0.05) is 12.8 Å². The first-order chi connectivity index (χ1) is 5.56. The number of hydrogen-bond acceptors (Lipinski definition) is 3. The highest BCUT2D eigenvalue weighted by Gasteiger charge is 2.12. The number of aliphatic carboxylic acids is 1. The van der Waals surface area contributed by atoms with Crippen molar-refractivity contribution in [3.8, 4) is 0 Å². The Hall–Kier alpha value is -1.06. The minimum Gasteiger partial charge on any atom is -0.481 e. The van der Waals surface area contributed by atoms with Gasteiger partial charge in [0.05, 0.1) is 6.61 Å². The SMILES string of the molecule is CCOC(=O)C[C@@H](C)CC(=O)O. The molecule has 0 amide bonds. The molecular weight excluding hydrogens is 160 g/mol. The molecule has 0 saturated carbocycles. The Labute approximate surface area is 71.5 Å². The summed E-state index contributed by atoms with van der Waals surface area (Å²) in [6, 6.07) is 0. The molecule has 0 unspecified atom stereocenters. The second kappa shape index (κ2) is 5.57. The molecule has 0 spiro atoms. The van der Waals surface area contributed by atoms with Crippen LogP contribution >= 0.6 is 0 Å². The molecule has 4 heteroatoms. The van der Waals surface area contributed by atoms with Gasteiger partial charge in [-0.3, -0.25) is 9.59 Å². The number of carboxylic acids is 1. The zero-order valence-corrected chi connectivity index (χ0v) is 7.37. The second-order valence-electron chi connectivity index (χ2n) is 2.71. The minimum atomic E-state index is -0.883. The van der Waals surface area contributed by atoms with E-state index < -0.39 is 5.97 Å². The maximum absolute atomic E-state index is 10.8. The maximum Gasteiger partial charge on any atom is 0.306 e. The first-order valence-electron chi connectivity index (χ1n) is 3.93. The van der Waals surface area contributed by atoms with Gasteiger partial charge in [0.2, 0.25) is 0 Å². The zero-order valence-electron chi connectivity index (χ0n) is 7.37. The summed E-state index contributed by atoms with van der Waals surface area (Å²) in [6.07, 6.45) is 0.193. The van der Waals surface area contributed by atoms with E-state index in [0.717, 1.165) is 0 Å². The van der Waals surface area contributed by atoms with E-state index in [1.54, 1.807) is 13.8 Å². The average Bonchev–Trinajstić information content (AvgIpc) is 1.84. The number of ether oxygens (including phenoxy) is 1. The smallest absolute Gasteiger partial charge is 0.306 e. The van der Waals surface area contributed by atoms with Crippen LogP contribution in [0.3, 0.4) is 0 Å². The third-order valence-corrected chi connectivity index (χ3v) is 1.34. The predicted molar refractivity (Wildman–Crippen MR) is 42.7 cm³/mol. The third kappa shape index (κ3) is 5.70. The van der Waals surface area contributed by atoms with Crippen molar-refractivity contribution >= 4 is 11.9 Å². The van der Waals surface area contributed by atoms with E-state index >= 15 is 0 Å². The van der Waals surface area contributed by atoms with Crippen molar-refractivity contribution in [2.45, 2.75) is 26.7 Å². The Balaban J connectivity index is 3.61. The van der Waals surface area contributed by atoms with E-state index in [0.29, 0.717) is 6.61 Å². The summed E-state index contributed by atoms with van der Waals surface area (Å²) in [5.41, 5.74) is 0. The van der Waals surface area contributed by atoms with Gasteiger partial charge in [-0.1, -0.05) is 6.92 Å². The van der Waals surface area contributed by atoms with Crippen molar-refractivity contribution in [3.63, 3.8) is 0 Å². The topological polar surface area (TPSA) is 63.6 Å². The molecule has 0 aliphatic heterocycles. The lowest BCUT2D eigenvalue weighted by molar-refractivity contribution is -0.144. The number of carbonyl (C=O) groups is 2. The van der Waals surface area contributed by atoms with Gasteiger partial charge >= 0.3 is 11.9 Å². The van der Waals surface area contributed by atoms with Crippen LogP contribution in [0.25, 0.3) is 0 Å². The monoisotopic (exact) mass is 174 g/mol. The van der Waals surface area contributed by atoms with Crippen LogP contribution in [-0.4, -0.2) is 23.7 Å². The van der Waals surface area contributed by atoms with Crippen molar-refractivity contribution in [1.29, 1.82) is 0 Å². The van der Waals surface area contributed by atoms with Gasteiger partial charge in [-0.15, -0.1) is 0 Å². The van der Waals surface area contributed by atoms with Gasteiger partial charge in [-0.2, -0.15) is 0 Å². The molecule has 0 aromatic heterocycles. The van der Waals surface area contributed by atoms with E-state index in [-0.39, 0.29) is 24.7 Å². The van der Waals surface area contributed by atoms with Crippen LogP contribution in [0, 0.1) is 5.92 Å². The Morgan fingerprint density at radius 1 is 1.42 bits per heavy atom. The molecule has 0 aliphatic carbocycles. The first kappa shape index (κ1) is 10.9. The number of hydrogen-bond donors (Lipinski definition) is 1. The normalized spacial score (nSPS) is 12.2. The van der Waals surface area contributed by atoms with Gasteiger partial charge in [-0.05, 0) is 12.8 Å². The molecule has 12 heavy (non-hydrogen) atoms. The van der Waals surface area contributed by atoms with Gasteiger partial charge in [0.1, 0.15) is 0 Å². The molecule has 0 aliphatic rings. The van der Waals surface area contributed by atoms with Crippen LogP contribution in [0.15, 0.2) is 0 Å². The van der Waals surface area contributed by atoms with E-state index in [9.17, 15) is 9.59 Å². The van der Waals surface area contributed by atoms with Crippen molar-refractivity contribution < 1.29 is 19.4 Å². The lowest BCUT2D eigenvalue weighted by atomic mass is 10.0. The minimum absolute atomic E-state index is 0.0127. The number of carboxylic acid groups (broad SMARTS) is 1. The molecule has 0 aromatic rings. The van der Waals surface area contributed by atoms with E-state index in [1.807, 2.05) is 0 Å². The van der Waals surface area contributed by atoms with Crippen LogP contribution in [0.2, 0.25) is 0 Å². The molecule has 70 valence electrons. The maximum atomic E-state index is 10.8. The van der Waals surface area contributed by atoms with E-state index in [2.05, 4.69) is 4.74 Å². The van der Waals surface area contributed by atoms with Gasteiger partial charge in [0.25, 0.3) is 0 Å². The summed E-state index contributed by atoms with van der Waals surface area (Å²) in [7, 11) is 0. The van der Waals surface area contributed by atoms with Gasteiger partial charge in [0.15, 0.2) is 0 Å². The number of rotatable bonds is 5. The largest absolute Gasteiger partial charge is 0.481 e. The van der Waals surface area contributed by atoms with Crippen LogP contribution in [0.5, 0.6) is 0 Å². The zero-order chi connectivity index (χ0) is 9.56. The van der Waals surface area contributed by atoms with Gasteiger partial charge in [-0.25, -0.2) is 0 Å². The van der Waals surface area contributed by atoms with Crippen molar-refractivity contribution in [2.75, 3.05) is 6.61 Å². The summed E-state index contributed by atoms with van der Waals surface area (Å²) < 4.78 is 4.66. The van der Waals surface area contributed by atoms with E-state index in [1.165, 1.54) is 0 Å². The van der Waals surface area contributed by atoms with Crippen molar-refractivity contribution in [2.24, 2.45) is 5.92 Å². The standard InChI is InChI=1S/C8H14O4/c1-3-12-8(11)5-6(2)4-7(9)10/h6H,3-5H2,1-2H3,(H,9,10)/t6-/m0/s1. The van der Waals surface area contributed by atoms with Crippen LogP contribution in [-0.2, 0) is 14.3 Å². The molecule has 0 bridgehead atoms. The molecule has 0 fully saturated rings. The fourth-order valence-corrected chi connectivity index (χ4v) is 0.875. The molecular formula is C8H14O4. The Bertz CT molecular complexity index is 164. The van der Waals surface area contributed by atoms with Crippen molar-refractivity contribution in [3.05, 3.63) is 0 Å². The molecule has 0 heterocycles. The fourth-order valence-electron chi connectivity index (χ4n) is 0.875. The highest BCUT2D eigenvalue weighted by atomic mass is 16.5. The predicted octanol–water partition coefficient (Wildman–Crippen LogP) is 1.05. The van der Waals surface area contributed by atoms with Crippen LogP contribution in [0.1, 0.15) is 26.7 Å². The van der Waals surface area contributed by atoms with Crippen molar-refractivity contribution in [1.82, 2.24) is 0 Å². The summed E-state index contributed by atoms with van der Waals surface area (Å²) >= 11 is 0. The Morgan fingerprint density at radius 3 is 2.42 bits per heavy atom. The second-order valence-corrected chi connectivity index (χ2v) is 2.71. The average molecular weight is 174 g/mol. The van der Waals surface area contributed by atoms with Crippen LogP contribution < -0.4 is 0 Å². The molecule has 1 atom stereocenters. The Kier molecular flexibility index (Phi) is 5.08. The van der Waals surface area contributed by atoms with Crippen LogP contribution in [0.4, 0.5) is 0 Å². The molecule has 0 saturated heterocycles. The Morgan fingerprint density at radius 2 is 2.00 bits per heavy atom. The highest BCUT2D eigenvalue weighted by Crippen LogP contribution is 2.07. The first-order valence-corrected chi connectivity index (χ1v) is 3.93. The highest BCUT2D eigenvalue weighted by molar-refractivity contribution is 5.72. The fraction of sp³-hybridized carbons (Fsp3) is 0.750. The molecule has 0 aromatic carbocycles. The molecule has 1 N–H and O–H groups in total. The quantitative estimate of drug-likeness (QED) is 0.633. The number of esters is 1. The summed E-state index contributed by atoms with van der Waals surface area (Å²) in [6.45, 7) is 3.78. The molecule has 4 nitrogen and oxygen atoms in total. The summed E-state index contributed by atoms with van der Waals surface area (Å²) in [5.74, 6) is -1.36.